The maximum atomic E-state index is 9.70. The molecule has 9 N–H and O–H groups in total. The number of rotatable bonds is 6. The Morgan fingerprint density at radius 1 is 0.280 bits per heavy atom. The van der Waals surface area contributed by atoms with Crippen molar-refractivity contribution in [3.05, 3.63) is 0 Å². The summed E-state index contributed by atoms with van der Waals surface area (Å²) in [5.74, 6) is 10.7. The van der Waals surface area contributed by atoms with Crippen LogP contribution in [0.4, 0.5) is 0 Å². The van der Waals surface area contributed by atoms with Crippen LogP contribution in [-0.4, -0.2) is 101 Å². The fourth-order valence-electron chi connectivity index (χ4n) is 17.0. The highest BCUT2D eigenvalue weighted by atomic mass is 16.3. The molecule has 9 saturated carbocycles. The minimum atomic E-state index is -0.0382. The van der Waals surface area contributed by atoms with E-state index < -0.39 is 0 Å². The van der Waals surface area contributed by atoms with Gasteiger partial charge in [-0.25, -0.2) is 0 Å². The first kappa shape index (κ1) is 90.7. The monoisotopic (exact) mass is 1320 g/mol. The molecule has 0 aromatic carbocycles. The zero-order valence-corrected chi connectivity index (χ0v) is 65.8. The molecule has 558 valence electrons. The highest BCUT2D eigenvalue weighted by Crippen LogP contribution is 2.41. The van der Waals surface area contributed by atoms with E-state index in [0.29, 0.717) is 45.8 Å². The third-order valence-electron chi connectivity index (χ3n) is 23.9. The first-order valence-electron chi connectivity index (χ1n) is 40.3. The van der Waals surface area contributed by atoms with Crippen molar-refractivity contribution in [3.8, 4) is 0 Å². The lowest BCUT2D eigenvalue weighted by atomic mass is 9.71. The SMILES string of the molecule is CC(C)(C)C1CCC(O)CC1.CC(C)(C)C1CCCC(O)C1.CC(C)(C)C1CCCCC1O.CC(C)CC1CCC(O)CC1.CC(C)CC1CCCC(O)C1.CC(C)CC1CCCCC1O.CC1CCC(C)C(O)C1.CC1CCC(O)C(C)C1.CC1CCCC(O)C1C. The highest BCUT2D eigenvalue weighted by Gasteiger charge is 2.34. The Balaban J connectivity index is 0.000000524. The largest absolute Gasteiger partial charge is 0.393 e. The van der Waals surface area contributed by atoms with Gasteiger partial charge in [-0.15, -0.1) is 0 Å². The van der Waals surface area contributed by atoms with Gasteiger partial charge in [0.25, 0.3) is 0 Å². The summed E-state index contributed by atoms with van der Waals surface area (Å²) in [4.78, 5) is 0. The van der Waals surface area contributed by atoms with Gasteiger partial charge in [0, 0.05) is 0 Å². The van der Waals surface area contributed by atoms with Gasteiger partial charge in [0.05, 0.1) is 54.9 Å². The number of hydrogen-bond donors (Lipinski definition) is 9. The Morgan fingerprint density at radius 3 is 1.14 bits per heavy atom. The van der Waals surface area contributed by atoms with Crippen LogP contribution in [0, 0.1) is 105 Å². The van der Waals surface area contributed by atoms with E-state index in [-0.39, 0.29) is 54.9 Å². The van der Waals surface area contributed by atoms with Crippen molar-refractivity contribution >= 4 is 0 Å². The van der Waals surface area contributed by atoms with Crippen LogP contribution in [0.1, 0.15) is 377 Å². The average molecular weight is 1320 g/mol. The van der Waals surface area contributed by atoms with E-state index in [1.165, 1.54) is 148 Å². The van der Waals surface area contributed by atoms with E-state index >= 15 is 0 Å². The van der Waals surface area contributed by atoms with E-state index in [1.54, 1.807) is 0 Å². The smallest absolute Gasteiger partial charge is 0.0573 e. The molecule has 9 fully saturated rings. The van der Waals surface area contributed by atoms with Crippen molar-refractivity contribution < 1.29 is 46.0 Å². The number of aliphatic hydroxyl groups excluding tert-OH is 9. The predicted octanol–water partition coefficient (Wildman–Crippen LogP) is 20.9. The molecule has 0 aromatic rings. The van der Waals surface area contributed by atoms with Gasteiger partial charge in [-0.2, -0.15) is 0 Å². The molecule has 0 spiro atoms. The van der Waals surface area contributed by atoms with Crippen molar-refractivity contribution in [1.82, 2.24) is 0 Å². The molecule has 0 saturated heterocycles. The van der Waals surface area contributed by atoms with Gasteiger partial charge >= 0.3 is 0 Å². The molecular formula is C84H168O9. The normalized spacial score (nSPS) is 36.7. The number of aliphatic hydroxyl groups is 9. The maximum Gasteiger partial charge on any atom is 0.0573 e. The van der Waals surface area contributed by atoms with Crippen molar-refractivity contribution in [3.63, 3.8) is 0 Å². The fourth-order valence-corrected chi connectivity index (χ4v) is 17.0. The third kappa shape index (κ3) is 42.5. The molecule has 9 aliphatic carbocycles. The zero-order valence-electron chi connectivity index (χ0n) is 65.8. The maximum absolute atomic E-state index is 9.70. The van der Waals surface area contributed by atoms with Gasteiger partial charge in [-0.3, -0.25) is 0 Å². The molecular weight excluding hydrogens is 1150 g/mol. The van der Waals surface area contributed by atoms with E-state index in [9.17, 15) is 46.0 Å². The van der Waals surface area contributed by atoms with Crippen LogP contribution in [0.5, 0.6) is 0 Å². The van der Waals surface area contributed by atoms with Gasteiger partial charge in [0.15, 0.2) is 0 Å². The second kappa shape index (κ2) is 47.7. The van der Waals surface area contributed by atoms with Gasteiger partial charge < -0.3 is 46.0 Å². The first-order valence-corrected chi connectivity index (χ1v) is 40.3. The van der Waals surface area contributed by atoms with Crippen molar-refractivity contribution in [2.75, 3.05) is 0 Å². The van der Waals surface area contributed by atoms with E-state index in [2.05, 4.69) is 145 Å². The molecule has 93 heavy (non-hydrogen) atoms. The molecule has 9 nitrogen and oxygen atoms in total. The Labute approximate surface area is 579 Å². The van der Waals surface area contributed by atoms with Crippen LogP contribution in [0.25, 0.3) is 0 Å². The van der Waals surface area contributed by atoms with Gasteiger partial charge in [-0.05, 0) is 272 Å². The van der Waals surface area contributed by atoms with Crippen molar-refractivity contribution in [1.29, 1.82) is 0 Å². The Bertz CT molecular complexity index is 1710. The molecule has 0 radical (unpaired) electrons. The minimum Gasteiger partial charge on any atom is -0.393 e. The third-order valence-corrected chi connectivity index (χ3v) is 23.9. The summed E-state index contributed by atoms with van der Waals surface area (Å²) in [5, 5.41) is 84.7. The second-order valence-electron chi connectivity index (χ2n) is 37.7. The highest BCUT2D eigenvalue weighted by molar-refractivity contribution is 4.85. The molecule has 0 aliphatic heterocycles. The van der Waals surface area contributed by atoms with Crippen LogP contribution in [0.15, 0.2) is 0 Å². The quantitative estimate of drug-likeness (QED) is 0.125. The average Bonchev–Trinajstić information content (AvgIpc) is 1.25. The second-order valence-corrected chi connectivity index (χ2v) is 37.7. The van der Waals surface area contributed by atoms with E-state index in [0.717, 1.165) is 143 Å². The molecule has 0 bridgehead atoms. The summed E-state index contributed by atoms with van der Waals surface area (Å²) in [6.07, 6.45) is 42.1. The summed E-state index contributed by atoms with van der Waals surface area (Å²) in [6.45, 7) is 47.1. The number of hydrogen-bond acceptors (Lipinski definition) is 9. The fraction of sp³-hybridized carbons (Fsp3) is 1.00. The molecule has 9 aliphatic rings. The summed E-state index contributed by atoms with van der Waals surface area (Å²) in [5.41, 5.74) is 1.13. The Kier molecular flexibility index (Phi) is 46.5. The lowest BCUT2D eigenvalue weighted by Crippen LogP contribution is -2.34. The van der Waals surface area contributed by atoms with Crippen LogP contribution < -0.4 is 0 Å². The standard InChI is InChI=1S/6C10H20O.3C8H16O/c1-10(2,3)8-4-6-9(11)7-5-8;1-10(2,3)8-5-4-6-9(11)7-8;1-10(2,3)8-6-4-5-7-9(8)11;1-8(2)7-9-3-5-10(11)6-4-9;1-8(2)6-9-4-3-5-10(11)7-9;1-8(2)7-9-5-3-4-6-10(9)11;1-6-3-4-8(9)7(2)5-6;1-6-3-4-7(2)8(9)5-6;1-6-4-3-5-8(9)7(6)2/h3*8-9,11H,4-7H2,1-3H3;3*8-11H,3-7H2,1-2H3;3*6-9H,3-5H2,1-2H3. The Hall–Kier alpha value is -0.360. The van der Waals surface area contributed by atoms with E-state index in [1.807, 2.05) is 0 Å². The summed E-state index contributed by atoms with van der Waals surface area (Å²) in [7, 11) is 0. The molecule has 0 heterocycles. The predicted molar refractivity (Wildman–Crippen MR) is 399 cm³/mol. The van der Waals surface area contributed by atoms with Gasteiger partial charge in [-0.1, -0.05) is 210 Å². The zero-order chi connectivity index (χ0) is 70.8. The summed E-state index contributed by atoms with van der Waals surface area (Å²) >= 11 is 0. The topological polar surface area (TPSA) is 182 Å². The minimum absolute atomic E-state index is 0.00569. The van der Waals surface area contributed by atoms with Gasteiger partial charge in [0.1, 0.15) is 0 Å². The van der Waals surface area contributed by atoms with Crippen molar-refractivity contribution in [2.45, 2.75) is 431 Å². The lowest BCUT2D eigenvalue weighted by Gasteiger charge is -2.37. The van der Waals surface area contributed by atoms with Crippen molar-refractivity contribution in [2.24, 2.45) is 105 Å². The first-order chi connectivity index (χ1) is 43.2. The van der Waals surface area contributed by atoms with E-state index in [4.69, 9.17) is 0 Å². The molecule has 0 amide bonds. The van der Waals surface area contributed by atoms with Crippen LogP contribution >= 0.6 is 0 Å². The lowest BCUT2D eigenvalue weighted by molar-refractivity contribution is 0.0105. The molecule has 0 aromatic heterocycles. The molecule has 17 atom stereocenters. The van der Waals surface area contributed by atoms with Gasteiger partial charge in [0.2, 0.25) is 0 Å². The summed E-state index contributed by atoms with van der Waals surface area (Å²) < 4.78 is 0. The van der Waals surface area contributed by atoms with Crippen LogP contribution in [-0.2, 0) is 0 Å². The molecule has 9 heteroatoms. The van der Waals surface area contributed by atoms with Crippen LogP contribution in [0.2, 0.25) is 0 Å². The molecule has 17 unspecified atom stereocenters. The Morgan fingerprint density at radius 2 is 0.731 bits per heavy atom. The summed E-state index contributed by atoms with van der Waals surface area (Å²) in [6, 6.07) is 0. The van der Waals surface area contributed by atoms with Crippen LogP contribution in [0.3, 0.4) is 0 Å². The molecule has 9 rings (SSSR count).